The lowest BCUT2D eigenvalue weighted by Gasteiger charge is -2.11. The first kappa shape index (κ1) is 13.9. The predicted molar refractivity (Wildman–Crippen MR) is 88.7 cm³/mol. The summed E-state index contributed by atoms with van der Waals surface area (Å²) < 4.78 is 1.83. The summed E-state index contributed by atoms with van der Waals surface area (Å²) >= 11 is 1.78. The molecule has 108 valence electrons. The van der Waals surface area contributed by atoms with Gasteiger partial charge in [0.05, 0.1) is 11.7 Å². The van der Waals surface area contributed by atoms with Gasteiger partial charge in [0.1, 0.15) is 5.82 Å². The average Bonchev–Trinajstić information content (AvgIpc) is 2.91. The van der Waals surface area contributed by atoms with E-state index in [9.17, 15) is 0 Å². The Labute approximate surface area is 128 Å². The van der Waals surface area contributed by atoms with Crippen molar-refractivity contribution in [2.24, 2.45) is 7.05 Å². The fraction of sp³-hybridized carbons (Fsp3) is 0.250. The van der Waals surface area contributed by atoms with Gasteiger partial charge in [-0.25, -0.2) is 4.98 Å². The molecule has 0 saturated heterocycles. The summed E-state index contributed by atoms with van der Waals surface area (Å²) in [6, 6.07) is 10.5. The quantitative estimate of drug-likeness (QED) is 0.729. The number of pyridine rings is 1. The van der Waals surface area contributed by atoms with Gasteiger partial charge in [0.2, 0.25) is 0 Å². The number of hydrogen-bond donors (Lipinski definition) is 1. The van der Waals surface area contributed by atoms with E-state index in [1.807, 2.05) is 36.3 Å². The smallest absolute Gasteiger partial charge is 0.130 e. The first-order valence-corrected chi connectivity index (χ1v) is 7.99. The van der Waals surface area contributed by atoms with Gasteiger partial charge in [0, 0.05) is 41.4 Å². The highest BCUT2D eigenvalue weighted by Crippen LogP contribution is 2.28. The fourth-order valence-corrected chi connectivity index (χ4v) is 3.12. The molecule has 3 aromatic rings. The molecule has 4 nitrogen and oxygen atoms in total. The van der Waals surface area contributed by atoms with Gasteiger partial charge < -0.3 is 5.32 Å². The van der Waals surface area contributed by atoms with Crippen molar-refractivity contribution in [3.63, 3.8) is 0 Å². The number of para-hydroxylation sites is 1. The Hall–Kier alpha value is -2.01. The van der Waals surface area contributed by atoms with Gasteiger partial charge in [-0.15, -0.1) is 11.8 Å². The van der Waals surface area contributed by atoms with E-state index < -0.39 is 0 Å². The van der Waals surface area contributed by atoms with Gasteiger partial charge >= 0.3 is 0 Å². The molecule has 2 heterocycles. The maximum atomic E-state index is 4.74. The lowest BCUT2D eigenvalue weighted by atomic mass is 10.1. The molecule has 0 spiro atoms. The van der Waals surface area contributed by atoms with Crippen LogP contribution in [0, 0.1) is 0 Å². The van der Waals surface area contributed by atoms with Crippen molar-refractivity contribution in [1.82, 2.24) is 14.8 Å². The molecule has 21 heavy (non-hydrogen) atoms. The van der Waals surface area contributed by atoms with Gasteiger partial charge in [0.25, 0.3) is 0 Å². The summed E-state index contributed by atoms with van der Waals surface area (Å²) in [5.74, 6) is 1.86. The van der Waals surface area contributed by atoms with Crippen LogP contribution in [0.25, 0.3) is 10.9 Å². The molecule has 1 aromatic carbocycles. The maximum Gasteiger partial charge on any atom is 0.130 e. The Bertz CT molecular complexity index is 751. The lowest BCUT2D eigenvalue weighted by Crippen LogP contribution is -2.03. The minimum atomic E-state index is 0.871. The second kappa shape index (κ2) is 6.18. The summed E-state index contributed by atoms with van der Waals surface area (Å²) in [4.78, 5) is 5.91. The number of anilines is 1. The van der Waals surface area contributed by atoms with E-state index in [0.29, 0.717) is 0 Å². The van der Waals surface area contributed by atoms with Crippen molar-refractivity contribution in [1.29, 1.82) is 0 Å². The number of hydrogen-bond acceptors (Lipinski definition) is 4. The normalized spacial score (nSPS) is 11.0. The van der Waals surface area contributed by atoms with Crippen LogP contribution in [-0.4, -0.2) is 21.3 Å². The largest absolute Gasteiger partial charge is 0.370 e. The number of thioether (sulfide) groups is 1. The Balaban J connectivity index is 1.89. The Morgan fingerprint density at radius 1 is 1.29 bits per heavy atom. The summed E-state index contributed by atoms with van der Waals surface area (Å²) in [6.45, 7) is 2.96. The zero-order chi connectivity index (χ0) is 14.7. The van der Waals surface area contributed by atoms with E-state index in [1.54, 1.807) is 11.8 Å². The molecule has 2 aromatic heterocycles. The van der Waals surface area contributed by atoms with Crippen molar-refractivity contribution in [3.8, 4) is 0 Å². The number of aryl methyl sites for hydroxylation is 1. The molecule has 5 heteroatoms. The summed E-state index contributed by atoms with van der Waals surface area (Å²) in [5, 5.41) is 8.75. The molecule has 3 rings (SSSR count). The molecule has 0 atom stereocenters. The van der Waals surface area contributed by atoms with E-state index in [-0.39, 0.29) is 0 Å². The lowest BCUT2D eigenvalue weighted by molar-refractivity contribution is 0.766. The Morgan fingerprint density at radius 2 is 2.14 bits per heavy atom. The predicted octanol–water partition coefficient (Wildman–Crippen LogP) is 3.69. The molecule has 0 amide bonds. The second-order valence-electron chi connectivity index (χ2n) is 4.86. The average molecular weight is 298 g/mol. The van der Waals surface area contributed by atoms with Crippen LogP contribution in [0.5, 0.6) is 0 Å². The Morgan fingerprint density at radius 3 is 2.90 bits per heavy atom. The van der Waals surface area contributed by atoms with E-state index in [4.69, 9.17) is 4.98 Å². The summed E-state index contributed by atoms with van der Waals surface area (Å²) in [5.41, 5.74) is 2.26. The van der Waals surface area contributed by atoms with Gasteiger partial charge in [-0.2, -0.15) is 5.10 Å². The van der Waals surface area contributed by atoms with Crippen LogP contribution in [-0.2, 0) is 12.8 Å². The topological polar surface area (TPSA) is 42.7 Å². The molecule has 0 unspecified atom stereocenters. The van der Waals surface area contributed by atoms with Crippen LogP contribution in [0.3, 0.4) is 0 Å². The minimum Gasteiger partial charge on any atom is -0.370 e. The minimum absolute atomic E-state index is 0.871. The third-order valence-corrected chi connectivity index (χ3v) is 4.22. The van der Waals surface area contributed by atoms with Crippen LogP contribution in [0.4, 0.5) is 5.82 Å². The monoisotopic (exact) mass is 298 g/mol. The summed E-state index contributed by atoms with van der Waals surface area (Å²) in [7, 11) is 1.94. The van der Waals surface area contributed by atoms with Crippen molar-refractivity contribution >= 4 is 28.5 Å². The van der Waals surface area contributed by atoms with Gasteiger partial charge in [-0.3, -0.25) is 4.68 Å². The standard InChI is InChI=1S/C16H18N4S/c1-3-17-16-13(11-21-14-9-18-20(2)10-14)8-12-6-4-5-7-15(12)19-16/h4-10H,3,11H2,1-2H3,(H,17,19). The number of nitrogens with zero attached hydrogens (tertiary/aromatic N) is 3. The van der Waals surface area contributed by atoms with Crippen LogP contribution < -0.4 is 5.32 Å². The molecular formula is C16H18N4S. The van der Waals surface area contributed by atoms with E-state index >= 15 is 0 Å². The number of benzene rings is 1. The summed E-state index contributed by atoms with van der Waals surface area (Å²) in [6.07, 6.45) is 3.93. The Kier molecular flexibility index (Phi) is 4.10. The first-order chi connectivity index (χ1) is 10.3. The first-order valence-electron chi connectivity index (χ1n) is 7.00. The molecule has 1 N–H and O–H groups in total. The van der Waals surface area contributed by atoms with E-state index in [1.165, 1.54) is 15.8 Å². The van der Waals surface area contributed by atoms with E-state index in [0.717, 1.165) is 23.6 Å². The number of nitrogens with one attached hydrogen (secondary N) is 1. The van der Waals surface area contributed by atoms with Crippen molar-refractivity contribution < 1.29 is 0 Å². The van der Waals surface area contributed by atoms with Crippen LogP contribution in [0.1, 0.15) is 12.5 Å². The zero-order valence-corrected chi connectivity index (χ0v) is 13.0. The molecule has 0 aliphatic heterocycles. The van der Waals surface area contributed by atoms with Crippen molar-refractivity contribution in [2.75, 3.05) is 11.9 Å². The van der Waals surface area contributed by atoms with Crippen LogP contribution in [0.2, 0.25) is 0 Å². The fourth-order valence-electron chi connectivity index (χ4n) is 2.22. The van der Waals surface area contributed by atoms with E-state index in [2.05, 4.69) is 35.5 Å². The number of rotatable bonds is 5. The van der Waals surface area contributed by atoms with Crippen LogP contribution in [0.15, 0.2) is 47.6 Å². The maximum absolute atomic E-state index is 4.74. The number of aromatic nitrogens is 3. The third kappa shape index (κ3) is 3.19. The molecule has 0 aliphatic rings. The molecule has 0 bridgehead atoms. The molecule has 0 fully saturated rings. The van der Waals surface area contributed by atoms with Crippen molar-refractivity contribution in [2.45, 2.75) is 17.6 Å². The molecule has 0 radical (unpaired) electrons. The molecule has 0 saturated carbocycles. The van der Waals surface area contributed by atoms with Crippen molar-refractivity contribution in [3.05, 3.63) is 48.3 Å². The SMILES string of the molecule is CCNc1nc2ccccc2cc1CSc1cnn(C)c1. The highest BCUT2D eigenvalue weighted by Gasteiger charge is 2.07. The molecule has 0 aliphatic carbocycles. The highest BCUT2D eigenvalue weighted by atomic mass is 32.2. The second-order valence-corrected chi connectivity index (χ2v) is 5.91. The van der Waals surface area contributed by atoms with Gasteiger partial charge in [0.15, 0.2) is 0 Å². The van der Waals surface area contributed by atoms with Gasteiger partial charge in [-0.1, -0.05) is 18.2 Å². The number of fused-ring (bicyclic) bond motifs is 1. The molecular weight excluding hydrogens is 280 g/mol. The third-order valence-electron chi connectivity index (χ3n) is 3.22. The zero-order valence-electron chi connectivity index (χ0n) is 12.2. The highest BCUT2D eigenvalue weighted by molar-refractivity contribution is 7.98. The van der Waals surface area contributed by atoms with Crippen LogP contribution >= 0.6 is 11.8 Å². The van der Waals surface area contributed by atoms with Gasteiger partial charge in [-0.05, 0) is 19.1 Å².